The fourth-order valence-corrected chi connectivity index (χ4v) is 1.30. The Kier molecular flexibility index (Phi) is 3.09. The zero-order valence-corrected chi connectivity index (χ0v) is 7.70. The van der Waals surface area contributed by atoms with Crippen LogP contribution in [-0.4, -0.2) is 39.0 Å². The van der Waals surface area contributed by atoms with Gasteiger partial charge in [-0.05, 0) is 0 Å². The van der Waals surface area contributed by atoms with Crippen LogP contribution in [0.4, 0.5) is 0 Å². The van der Waals surface area contributed by atoms with E-state index in [2.05, 4.69) is 8.37 Å². The van der Waals surface area contributed by atoms with Crippen LogP contribution in [0.1, 0.15) is 6.42 Å². The summed E-state index contributed by atoms with van der Waals surface area (Å²) in [5.41, 5.74) is 0. The average molecular weight is 222 g/mol. The first-order valence-electron chi connectivity index (χ1n) is 3.52. The van der Waals surface area contributed by atoms with Crippen LogP contribution >= 0.6 is 0 Å². The third kappa shape index (κ3) is 2.98. The van der Waals surface area contributed by atoms with Crippen molar-refractivity contribution in [2.75, 3.05) is 13.2 Å². The van der Waals surface area contributed by atoms with Crippen LogP contribution in [0.5, 0.6) is 0 Å². The maximum atomic E-state index is 10.8. The van der Waals surface area contributed by atoms with E-state index >= 15 is 0 Å². The van der Waals surface area contributed by atoms with Crippen molar-refractivity contribution in [1.29, 1.82) is 0 Å². The van der Waals surface area contributed by atoms with Gasteiger partial charge in [0.2, 0.25) is 11.6 Å². The molecule has 0 N–H and O–H groups in total. The predicted molar refractivity (Wildman–Crippen MR) is 40.5 cm³/mol. The largest absolute Gasteiger partial charge is 0.400 e. The van der Waals surface area contributed by atoms with Crippen molar-refractivity contribution in [3.05, 3.63) is 0 Å². The highest BCUT2D eigenvalue weighted by Gasteiger charge is 2.25. The Morgan fingerprint density at radius 2 is 1.50 bits per heavy atom. The van der Waals surface area contributed by atoms with E-state index in [-0.39, 0.29) is 0 Å². The lowest BCUT2D eigenvalue weighted by molar-refractivity contribution is -0.139. The molecule has 0 aromatic heterocycles. The quantitative estimate of drug-likeness (QED) is 0.358. The highest BCUT2D eigenvalue weighted by atomic mass is 32.3. The Morgan fingerprint density at radius 3 is 2.14 bits per heavy atom. The lowest BCUT2D eigenvalue weighted by Crippen LogP contribution is -2.21. The molecule has 0 radical (unpaired) electrons. The minimum atomic E-state index is -4.35. The fourth-order valence-electron chi connectivity index (χ4n) is 0.707. The van der Waals surface area contributed by atoms with E-state index in [1.165, 1.54) is 0 Å². The zero-order chi connectivity index (χ0) is 10.8. The molecular weight excluding hydrogens is 216 g/mol. The number of hydrogen-bond donors (Lipinski definition) is 0. The molecule has 7 nitrogen and oxygen atoms in total. The lowest BCUT2D eigenvalue weighted by atomic mass is 10.1. The molecule has 1 aliphatic rings. The summed E-state index contributed by atoms with van der Waals surface area (Å²) < 4.78 is 29.5. The first kappa shape index (κ1) is 11.0. The molecule has 1 fully saturated rings. The van der Waals surface area contributed by atoms with Crippen LogP contribution < -0.4 is 0 Å². The average Bonchev–Trinajstić information content (AvgIpc) is 2.13. The first-order chi connectivity index (χ1) is 6.41. The van der Waals surface area contributed by atoms with Gasteiger partial charge in [0.05, 0.1) is 6.42 Å². The van der Waals surface area contributed by atoms with E-state index in [4.69, 9.17) is 0 Å². The molecule has 0 atom stereocenters. The second-order valence-electron chi connectivity index (χ2n) is 2.49. The summed E-state index contributed by atoms with van der Waals surface area (Å²) in [5, 5.41) is 0. The zero-order valence-electron chi connectivity index (χ0n) is 6.89. The van der Waals surface area contributed by atoms with Crippen molar-refractivity contribution in [3.63, 3.8) is 0 Å². The van der Waals surface area contributed by atoms with E-state index in [1.807, 2.05) is 0 Å². The standard InChI is InChI=1S/C6H6O7S/c7-4-1-5(8)6(9)3-13-14(10,11)12-2-4/h1-3H2. The van der Waals surface area contributed by atoms with Gasteiger partial charge in [-0.15, -0.1) is 0 Å². The number of carbonyl (C=O) groups is 3. The molecule has 0 bridgehead atoms. The normalized spacial score (nSPS) is 23.9. The molecule has 1 saturated heterocycles. The number of rotatable bonds is 0. The second-order valence-corrected chi connectivity index (χ2v) is 3.78. The second kappa shape index (κ2) is 3.95. The fraction of sp³-hybridized carbons (Fsp3) is 0.500. The smallest absolute Gasteiger partial charge is 0.297 e. The Labute approximate surface area is 79.3 Å². The van der Waals surface area contributed by atoms with Crippen molar-refractivity contribution < 1.29 is 31.2 Å². The van der Waals surface area contributed by atoms with Crippen molar-refractivity contribution in [3.8, 4) is 0 Å². The van der Waals surface area contributed by atoms with Crippen molar-refractivity contribution in [2.45, 2.75) is 6.42 Å². The highest BCUT2D eigenvalue weighted by molar-refractivity contribution is 7.81. The van der Waals surface area contributed by atoms with Gasteiger partial charge in [-0.25, -0.2) is 8.37 Å². The third-order valence-corrected chi connectivity index (χ3v) is 2.18. The Balaban J connectivity index is 2.85. The van der Waals surface area contributed by atoms with Crippen LogP contribution in [0.25, 0.3) is 0 Å². The molecule has 0 saturated carbocycles. The Bertz CT molecular complexity index is 379. The summed E-state index contributed by atoms with van der Waals surface area (Å²) in [6.07, 6.45) is -0.655. The highest BCUT2D eigenvalue weighted by Crippen LogP contribution is 2.02. The maximum absolute atomic E-state index is 10.8. The molecule has 0 aliphatic carbocycles. The SMILES string of the molecule is O=C1COS(=O)(=O)OCC(=O)C(=O)C1. The summed E-state index contributed by atoms with van der Waals surface area (Å²) in [6, 6.07) is 0. The minimum Gasteiger partial charge on any atom is -0.297 e. The van der Waals surface area contributed by atoms with Gasteiger partial charge in [0, 0.05) is 0 Å². The van der Waals surface area contributed by atoms with Crippen molar-refractivity contribution in [1.82, 2.24) is 0 Å². The molecule has 78 valence electrons. The molecule has 0 amide bonds. The maximum Gasteiger partial charge on any atom is 0.400 e. The summed E-state index contributed by atoms with van der Waals surface area (Å²) in [6.45, 7) is -1.71. The molecule has 0 unspecified atom stereocenters. The number of ketones is 3. The van der Waals surface area contributed by atoms with Crippen LogP contribution in [-0.2, 0) is 33.1 Å². The number of Topliss-reactive ketones (excluding diaryl/α,β-unsaturated/α-hetero) is 3. The van der Waals surface area contributed by atoms with E-state index in [0.29, 0.717) is 0 Å². The molecule has 1 rings (SSSR count). The molecule has 1 heterocycles. The predicted octanol–water partition coefficient (Wildman–Crippen LogP) is -1.62. The number of carbonyl (C=O) groups excluding carboxylic acids is 3. The molecule has 14 heavy (non-hydrogen) atoms. The van der Waals surface area contributed by atoms with Crippen LogP contribution in [0.2, 0.25) is 0 Å². The molecule has 0 aromatic carbocycles. The van der Waals surface area contributed by atoms with Crippen LogP contribution in [0, 0.1) is 0 Å². The van der Waals surface area contributed by atoms with Gasteiger partial charge in [-0.3, -0.25) is 14.4 Å². The summed E-state index contributed by atoms with van der Waals surface area (Å²) >= 11 is 0. The number of hydrogen-bond acceptors (Lipinski definition) is 7. The molecular formula is C6H6O7S. The van der Waals surface area contributed by atoms with E-state index < -0.39 is 47.4 Å². The molecule has 0 spiro atoms. The molecule has 1 aliphatic heterocycles. The monoisotopic (exact) mass is 222 g/mol. The summed E-state index contributed by atoms with van der Waals surface area (Å²) in [7, 11) is -4.35. The van der Waals surface area contributed by atoms with E-state index in [9.17, 15) is 22.8 Å². The van der Waals surface area contributed by atoms with Gasteiger partial charge in [0.25, 0.3) is 0 Å². The summed E-state index contributed by atoms with van der Waals surface area (Å²) in [4.78, 5) is 32.5. The van der Waals surface area contributed by atoms with Crippen molar-refractivity contribution >= 4 is 27.7 Å². The molecule has 0 aromatic rings. The van der Waals surface area contributed by atoms with Gasteiger partial charge in [0.1, 0.15) is 13.2 Å². The van der Waals surface area contributed by atoms with Crippen molar-refractivity contribution in [2.24, 2.45) is 0 Å². The third-order valence-electron chi connectivity index (χ3n) is 1.37. The van der Waals surface area contributed by atoms with Gasteiger partial charge < -0.3 is 0 Å². The van der Waals surface area contributed by atoms with Crippen LogP contribution in [0.3, 0.4) is 0 Å². The summed E-state index contributed by atoms with van der Waals surface area (Å²) in [5.74, 6) is -2.82. The van der Waals surface area contributed by atoms with E-state index in [0.717, 1.165) is 0 Å². The van der Waals surface area contributed by atoms with Crippen LogP contribution in [0.15, 0.2) is 0 Å². The Morgan fingerprint density at radius 1 is 0.929 bits per heavy atom. The lowest BCUT2D eigenvalue weighted by Gasteiger charge is -1.99. The topological polar surface area (TPSA) is 104 Å². The van der Waals surface area contributed by atoms with E-state index in [1.54, 1.807) is 0 Å². The minimum absolute atomic E-state index is 0.655. The first-order valence-corrected chi connectivity index (χ1v) is 4.85. The van der Waals surface area contributed by atoms with Gasteiger partial charge in [-0.1, -0.05) is 0 Å². The van der Waals surface area contributed by atoms with Gasteiger partial charge in [0.15, 0.2) is 5.78 Å². The van der Waals surface area contributed by atoms with Gasteiger partial charge in [-0.2, -0.15) is 8.42 Å². The Hall–Kier alpha value is -1.12. The molecule has 8 heteroatoms. The van der Waals surface area contributed by atoms with Gasteiger partial charge >= 0.3 is 10.4 Å².